The van der Waals surface area contributed by atoms with Gasteiger partial charge in [-0.25, -0.2) is 9.78 Å². The number of hydrogen-bond donors (Lipinski definition) is 0. The van der Waals surface area contributed by atoms with Crippen molar-refractivity contribution < 1.29 is 9.53 Å². The van der Waals surface area contributed by atoms with Crippen LogP contribution in [-0.2, 0) is 11.3 Å². The standard InChI is InChI=1S/C17H18N4O2S/c1-23-17(22)16-14(3-9-24-16)12-20-5-7-21(8-6-20)15-10-13(11-18)2-4-19-15/h2-4,9-10H,5-8,12H2,1H3. The van der Waals surface area contributed by atoms with Crippen molar-refractivity contribution in [2.24, 2.45) is 0 Å². The molecule has 24 heavy (non-hydrogen) atoms. The molecule has 1 aliphatic heterocycles. The van der Waals surface area contributed by atoms with Gasteiger partial charge in [0.2, 0.25) is 0 Å². The van der Waals surface area contributed by atoms with Gasteiger partial charge in [0.25, 0.3) is 0 Å². The summed E-state index contributed by atoms with van der Waals surface area (Å²) < 4.78 is 4.83. The molecule has 0 N–H and O–H groups in total. The van der Waals surface area contributed by atoms with Crippen LogP contribution in [0.15, 0.2) is 29.8 Å². The molecule has 2 aromatic rings. The second-order valence-corrected chi connectivity index (χ2v) is 6.46. The first-order valence-corrected chi connectivity index (χ1v) is 8.57. The number of carbonyl (C=O) groups is 1. The van der Waals surface area contributed by atoms with Crippen molar-refractivity contribution in [2.45, 2.75) is 6.54 Å². The highest BCUT2D eigenvalue weighted by atomic mass is 32.1. The van der Waals surface area contributed by atoms with Crippen molar-refractivity contribution in [3.05, 3.63) is 45.8 Å². The summed E-state index contributed by atoms with van der Waals surface area (Å²) in [5, 5.41) is 10.9. The van der Waals surface area contributed by atoms with E-state index in [1.165, 1.54) is 18.4 Å². The van der Waals surface area contributed by atoms with Gasteiger partial charge in [-0.05, 0) is 29.1 Å². The zero-order valence-corrected chi connectivity index (χ0v) is 14.3. The van der Waals surface area contributed by atoms with Gasteiger partial charge >= 0.3 is 5.97 Å². The predicted molar refractivity (Wildman–Crippen MR) is 92.1 cm³/mol. The quantitative estimate of drug-likeness (QED) is 0.793. The zero-order chi connectivity index (χ0) is 16.9. The SMILES string of the molecule is COC(=O)c1sccc1CN1CCN(c2cc(C#N)ccn2)CC1. The second kappa shape index (κ2) is 7.43. The number of thiophene rings is 1. The van der Waals surface area contributed by atoms with Gasteiger partial charge < -0.3 is 9.64 Å². The zero-order valence-electron chi connectivity index (χ0n) is 13.4. The van der Waals surface area contributed by atoms with Crippen LogP contribution in [0.5, 0.6) is 0 Å². The monoisotopic (exact) mass is 342 g/mol. The molecule has 0 aliphatic carbocycles. The van der Waals surface area contributed by atoms with Crippen molar-refractivity contribution in [1.29, 1.82) is 5.26 Å². The molecular formula is C17H18N4O2S. The van der Waals surface area contributed by atoms with Gasteiger partial charge in [0.15, 0.2) is 0 Å². The normalized spacial score (nSPS) is 15.1. The summed E-state index contributed by atoms with van der Waals surface area (Å²) in [5.41, 5.74) is 1.65. The molecule has 0 saturated carbocycles. The number of carbonyl (C=O) groups excluding carboxylic acids is 1. The van der Waals surface area contributed by atoms with Crippen LogP contribution in [0.3, 0.4) is 0 Å². The number of nitriles is 1. The Balaban J connectivity index is 1.60. The van der Waals surface area contributed by atoms with Crippen LogP contribution in [0.4, 0.5) is 5.82 Å². The maximum Gasteiger partial charge on any atom is 0.348 e. The third-order valence-electron chi connectivity index (χ3n) is 4.08. The largest absolute Gasteiger partial charge is 0.465 e. The fourth-order valence-corrected chi connectivity index (χ4v) is 3.60. The predicted octanol–water partition coefficient (Wildman–Crippen LogP) is 2.12. The van der Waals surface area contributed by atoms with Crippen LogP contribution >= 0.6 is 11.3 Å². The molecular weight excluding hydrogens is 324 g/mol. The summed E-state index contributed by atoms with van der Waals surface area (Å²) >= 11 is 1.42. The Morgan fingerprint density at radius 1 is 1.38 bits per heavy atom. The Labute approximate surface area is 144 Å². The molecule has 0 unspecified atom stereocenters. The Morgan fingerprint density at radius 3 is 2.88 bits per heavy atom. The van der Waals surface area contributed by atoms with Crippen molar-refractivity contribution in [3.8, 4) is 6.07 Å². The number of pyridine rings is 1. The van der Waals surface area contributed by atoms with Gasteiger partial charge in [-0.3, -0.25) is 4.90 Å². The van der Waals surface area contributed by atoms with Crippen molar-refractivity contribution in [1.82, 2.24) is 9.88 Å². The van der Waals surface area contributed by atoms with Gasteiger partial charge in [-0.15, -0.1) is 11.3 Å². The fraction of sp³-hybridized carbons (Fsp3) is 0.353. The number of aromatic nitrogens is 1. The van der Waals surface area contributed by atoms with Gasteiger partial charge in [-0.2, -0.15) is 5.26 Å². The van der Waals surface area contributed by atoms with E-state index in [9.17, 15) is 4.79 Å². The lowest BCUT2D eigenvalue weighted by Gasteiger charge is -2.35. The Bertz CT molecular complexity index is 760. The average molecular weight is 342 g/mol. The lowest BCUT2D eigenvalue weighted by Crippen LogP contribution is -2.46. The highest BCUT2D eigenvalue weighted by Crippen LogP contribution is 2.21. The molecule has 124 valence electrons. The van der Waals surface area contributed by atoms with E-state index in [0.29, 0.717) is 10.4 Å². The molecule has 1 aliphatic rings. The highest BCUT2D eigenvalue weighted by Gasteiger charge is 2.21. The topological polar surface area (TPSA) is 69.5 Å². The van der Waals surface area contributed by atoms with E-state index in [4.69, 9.17) is 10.00 Å². The van der Waals surface area contributed by atoms with Crippen molar-refractivity contribution >= 4 is 23.1 Å². The maximum atomic E-state index is 11.8. The van der Waals surface area contributed by atoms with Gasteiger partial charge in [0.05, 0.1) is 18.7 Å². The molecule has 0 spiro atoms. The van der Waals surface area contributed by atoms with Crippen LogP contribution in [0.2, 0.25) is 0 Å². The number of ether oxygens (including phenoxy) is 1. The summed E-state index contributed by atoms with van der Waals surface area (Å²) in [6, 6.07) is 7.67. The van der Waals surface area contributed by atoms with Gasteiger partial charge in [-0.1, -0.05) is 0 Å². The smallest absolute Gasteiger partial charge is 0.348 e. The van der Waals surface area contributed by atoms with Crippen LogP contribution in [0.1, 0.15) is 20.8 Å². The summed E-state index contributed by atoms with van der Waals surface area (Å²) in [4.78, 5) is 21.3. The first kappa shape index (κ1) is 16.4. The Kier molecular flexibility index (Phi) is 5.08. The first-order valence-electron chi connectivity index (χ1n) is 7.69. The molecule has 0 bridgehead atoms. The molecule has 0 atom stereocenters. The second-order valence-electron chi connectivity index (χ2n) is 5.54. The number of methoxy groups -OCH3 is 1. The summed E-state index contributed by atoms with van der Waals surface area (Å²) in [6.45, 7) is 4.20. The summed E-state index contributed by atoms with van der Waals surface area (Å²) in [6.07, 6.45) is 1.67. The van der Waals surface area contributed by atoms with E-state index in [1.807, 2.05) is 17.5 Å². The molecule has 2 aromatic heterocycles. The van der Waals surface area contributed by atoms with E-state index in [-0.39, 0.29) is 5.97 Å². The Morgan fingerprint density at radius 2 is 2.17 bits per heavy atom. The molecule has 3 rings (SSSR count). The number of piperazine rings is 1. The molecule has 7 heteroatoms. The van der Waals surface area contributed by atoms with E-state index >= 15 is 0 Å². The summed E-state index contributed by atoms with van der Waals surface area (Å²) in [7, 11) is 1.41. The number of hydrogen-bond acceptors (Lipinski definition) is 7. The minimum absolute atomic E-state index is 0.267. The van der Waals surface area contributed by atoms with Gasteiger partial charge in [0, 0.05) is 38.9 Å². The van der Waals surface area contributed by atoms with Gasteiger partial charge in [0.1, 0.15) is 10.7 Å². The van der Waals surface area contributed by atoms with E-state index in [0.717, 1.165) is 44.1 Å². The highest BCUT2D eigenvalue weighted by molar-refractivity contribution is 7.12. The number of rotatable bonds is 4. The molecule has 6 nitrogen and oxygen atoms in total. The van der Waals surface area contributed by atoms with Crippen LogP contribution in [0, 0.1) is 11.3 Å². The number of esters is 1. The van der Waals surface area contributed by atoms with Crippen LogP contribution in [0.25, 0.3) is 0 Å². The Hall–Kier alpha value is -2.43. The van der Waals surface area contributed by atoms with Crippen molar-refractivity contribution in [2.75, 3.05) is 38.2 Å². The van der Waals surface area contributed by atoms with Crippen molar-refractivity contribution in [3.63, 3.8) is 0 Å². The van der Waals surface area contributed by atoms with Crippen LogP contribution < -0.4 is 4.90 Å². The third-order valence-corrected chi connectivity index (χ3v) is 5.02. The lowest BCUT2D eigenvalue weighted by atomic mass is 10.2. The molecule has 0 amide bonds. The van der Waals surface area contributed by atoms with E-state index < -0.39 is 0 Å². The molecule has 0 aromatic carbocycles. The first-order chi connectivity index (χ1) is 11.7. The molecule has 3 heterocycles. The minimum atomic E-state index is -0.267. The van der Waals surface area contributed by atoms with E-state index in [2.05, 4.69) is 20.9 Å². The van der Waals surface area contributed by atoms with E-state index in [1.54, 1.807) is 12.3 Å². The minimum Gasteiger partial charge on any atom is -0.465 e. The summed E-state index contributed by atoms with van der Waals surface area (Å²) in [5.74, 6) is 0.579. The van der Waals surface area contributed by atoms with Crippen LogP contribution in [-0.4, -0.2) is 49.1 Å². The number of nitrogens with zero attached hydrogens (tertiary/aromatic N) is 4. The lowest BCUT2D eigenvalue weighted by molar-refractivity contribution is 0.0604. The molecule has 1 fully saturated rings. The molecule has 0 radical (unpaired) electrons. The maximum absolute atomic E-state index is 11.8. The number of anilines is 1. The molecule has 1 saturated heterocycles. The average Bonchev–Trinajstić information content (AvgIpc) is 3.10. The third kappa shape index (κ3) is 3.55. The fourth-order valence-electron chi connectivity index (χ4n) is 2.77.